The smallest absolute Gasteiger partial charge is 0.282 e. The van der Waals surface area contributed by atoms with Gasteiger partial charge in [-0.25, -0.2) is 4.39 Å². The Labute approximate surface area is 189 Å². The molecule has 0 saturated carbocycles. The van der Waals surface area contributed by atoms with Crippen LogP contribution in [0.25, 0.3) is 0 Å². The molecule has 0 spiro atoms. The zero-order chi connectivity index (χ0) is 22.6. The van der Waals surface area contributed by atoms with Gasteiger partial charge in [-0.3, -0.25) is 4.79 Å². The van der Waals surface area contributed by atoms with E-state index in [-0.39, 0.29) is 17.6 Å². The number of benzene rings is 1. The zero-order valence-electron chi connectivity index (χ0n) is 18.3. The third-order valence-electron chi connectivity index (χ3n) is 6.63. The van der Waals surface area contributed by atoms with E-state index in [0.29, 0.717) is 70.5 Å². The molecule has 8 nitrogen and oxygen atoms in total. The van der Waals surface area contributed by atoms with Crippen molar-refractivity contribution in [2.45, 2.75) is 25.7 Å². The summed E-state index contributed by atoms with van der Waals surface area (Å²) in [4.78, 5) is 14.9. The van der Waals surface area contributed by atoms with Gasteiger partial charge in [0.1, 0.15) is 11.6 Å². The summed E-state index contributed by atoms with van der Waals surface area (Å²) in [7, 11) is -3.47. The third-order valence-corrected chi connectivity index (χ3v) is 8.67. The molecule has 1 unspecified atom stereocenters. The molecule has 0 radical (unpaired) electrons. The molecule has 3 saturated heterocycles. The lowest BCUT2D eigenvalue weighted by Crippen LogP contribution is -2.51. The number of hydrogen-bond acceptors (Lipinski definition) is 5. The summed E-state index contributed by atoms with van der Waals surface area (Å²) in [6.45, 7) is 4.42. The van der Waals surface area contributed by atoms with Gasteiger partial charge in [-0.1, -0.05) is 0 Å². The maximum Gasteiger partial charge on any atom is 0.282 e. The van der Waals surface area contributed by atoms with E-state index in [4.69, 9.17) is 9.47 Å². The second kappa shape index (κ2) is 10.5. The van der Waals surface area contributed by atoms with Gasteiger partial charge in [0.25, 0.3) is 10.2 Å². The van der Waals surface area contributed by atoms with Crippen molar-refractivity contribution < 1.29 is 27.1 Å². The summed E-state index contributed by atoms with van der Waals surface area (Å²) >= 11 is 0. The van der Waals surface area contributed by atoms with Gasteiger partial charge in [-0.15, -0.1) is 0 Å². The van der Waals surface area contributed by atoms with Crippen LogP contribution < -0.4 is 4.74 Å². The first kappa shape index (κ1) is 23.4. The van der Waals surface area contributed by atoms with E-state index in [1.807, 2.05) is 4.90 Å². The highest BCUT2D eigenvalue weighted by atomic mass is 32.2. The molecule has 32 heavy (non-hydrogen) atoms. The monoisotopic (exact) mass is 469 g/mol. The van der Waals surface area contributed by atoms with Crippen molar-refractivity contribution >= 4 is 16.1 Å². The molecule has 10 heteroatoms. The molecule has 0 bridgehead atoms. The molecular formula is C22H32FN3O5S. The number of amides is 1. The van der Waals surface area contributed by atoms with Gasteiger partial charge in [-0.2, -0.15) is 17.0 Å². The maximum atomic E-state index is 13.0. The van der Waals surface area contributed by atoms with Crippen LogP contribution in [0.5, 0.6) is 5.75 Å². The van der Waals surface area contributed by atoms with Crippen molar-refractivity contribution in [1.29, 1.82) is 0 Å². The van der Waals surface area contributed by atoms with Gasteiger partial charge in [0.05, 0.1) is 19.8 Å². The van der Waals surface area contributed by atoms with E-state index < -0.39 is 10.2 Å². The van der Waals surface area contributed by atoms with Crippen molar-refractivity contribution in [3.63, 3.8) is 0 Å². The van der Waals surface area contributed by atoms with Crippen LogP contribution in [-0.2, 0) is 19.7 Å². The molecule has 3 heterocycles. The quantitative estimate of drug-likeness (QED) is 0.608. The Kier molecular flexibility index (Phi) is 7.65. The number of hydrogen-bond donors (Lipinski definition) is 0. The average Bonchev–Trinajstić information content (AvgIpc) is 3.29. The molecule has 0 aliphatic carbocycles. The van der Waals surface area contributed by atoms with Crippen molar-refractivity contribution in [1.82, 2.24) is 13.5 Å². The predicted molar refractivity (Wildman–Crippen MR) is 117 cm³/mol. The Hall–Kier alpha value is -1.75. The standard InChI is InChI=1S/C22H32FN3O5S/c23-20-1-3-21(4-2-20)31-14-8-18-5-9-24(17-18)22(27)19-6-10-25(11-7-19)32(28,29)26-12-15-30-16-13-26/h1-4,18-19H,5-17H2. The second-order valence-electron chi connectivity index (χ2n) is 8.72. The van der Waals surface area contributed by atoms with Crippen LogP contribution in [0.1, 0.15) is 25.7 Å². The SMILES string of the molecule is O=C(C1CCN(S(=O)(=O)N2CCOCC2)CC1)N1CCC(CCOc2ccc(F)cc2)C1. The molecule has 0 N–H and O–H groups in total. The zero-order valence-corrected chi connectivity index (χ0v) is 19.1. The Morgan fingerprint density at radius 2 is 1.66 bits per heavy atom. The van der Waals surface area contributed by atoms with Crippen molar-refractivity contribution in [3.8, 4) is 5.75 Å². The number of piperidine rings is 1. The molecule has 3 fully saturated rings. The van der Waals surface area contributed by atoms with Gasteiger partial charge in [-0.05, 0) is 55.9 Å². The molecule has 3 aliphatic rings. The summed E-state index contributed by atoms with van der Waals surface area (Å²) in [5.41, 5.74) is 0. The number of morpholine rings is 1. The van der Waals surface area contributed by atoms with Crippen molar-refractivity contribution in [2.75, 3.05) is 59.1 Å². The second-order valence-corrected chi connectivity index (χ2v) is 10.7. The fraction of sp³-hybridized carbons (Fsp3) is 0.682. The van der Waals surface area contributed by atoms with E-state index in [9.17, 15) is 17.6 Å². The van der Waals surface area contributed by atoms with E-state index in [1.165, 1.54) is 20.7 Å². The first-order valence-corrected chi connectivity index (χ1v) is 12.8. The maximum absolute atomic E-state index is 13.0. The largest absolute Gasteiger partial charge is 0.494 e. The topological polar surface area (TPSA) is 79.4 Å². The fourth-order valence-corrected chi connectivity index (χ4v) is 6.28. The minimum absolute atomic E-state index is 0.111. The van der Waals surface area contributed by atoms with E-state index in [2.05, 4.69) is 0 Å². The lowest BCUT2D eigenvalue weighted by atomic mass is 9.96. The molecule has 1 atom stereocenters. The van der Waals surface area contributed by atoms with Gasteiger partial charge >= 0.3 is 0 Å². The first-order chi connectivity index (χ1) is 15.4. The summed E-state index contributed by atoms with van der Waals surface area (Å²) < 4.78 is 52.5. The highest BCUT2D eigenvalue weighted by molar-refractivity contribution is 7.86. The van der Waals surface area contributed by atoms with E-state index in [0.717, 1.165) is 25.9 Å². The molecule has 4 rings (SSSR count). The average molecular weight is 470 g/mol. The molecule has 3 aliphatic heterocycles. The van der Waals surface area contributed by atoms with Gasteiger partial charge in [0.2, 0.25) is 5.91 Å². The number of rotatable bonds is 7. The van der Waals surface area contributed by atoms with Crippen LogP contribution in [0, 0.1) is 17.7 Å². The Morgan fingerprint density at radius 3 is 2.34 bits per heavy atom. The normalized spacial score (nSPS) is 24.0. The summed E-state index contributed by atoms with van der Waals surface area (Å²) in [6, 6.07) is 5.99. The van der Waals surface area contributed by atoms with Crippen LogP contribution in [0.4, 0.5) is 4.39 Å². The highest BCUT2D eigenvalue weighted by Gasteiger charge is 2.37. The molecule has 1 amide bonds. The van der Waals surface area contributed by atoms with Crippen LogP contribution in [-0.4, -0.2) is 86.9 Å². The van der Waals surface area contributed by atoms with Gasteiger partial charge in [0, 0.05) is 45.2 Å². The summed E-state index contributed by atoms with van der Waals surface area (Å²) in [5.74, 6) is 0.792. The minimum Gasteiger partial charge on any atom is -0.494 e. The molecule has 178 valence electrons. The Morgan fingerprint density at radius 1 is 1.00 bits per heavy atom. The molecule has 1 aromatic carbocycles. The number of carbonyl (C=O) groups excluding carboxylic acids is 1. The lowest BCUT2D eigenvalue weighted by Gasteiger charge is -2.36. The number of likely N-dealkylation sites (tertiary alicyclic amines) is 1. The van der Waals surface area contributed by atoms with E-state index >= 15 is 0 Å². The Bertz CT molecular complexity index is 868. The number of carbonyl (C=O) groups is 1. The predicted octanol–water partition coefficient (Wildman–Crippen LogP) is 1.73. The number of nitrogens with zero attached hydrogens (tertiary/aromatic N) is 3. The number of halogens is 1. The highest BCUT2D eigenvalue weighted by Crippen LogP contribution is 2.27. The lowest BCUT2D eigenvalue weighted by molar-refractivity contribution is -0.135. The van der Waals surface area contributed by atoms with E-state index in [1.54, 1.807) is 12.1 Å². The molecule has 0 aromatic heterocycles. The molecular weight excluding hydrogens is 437 g/mol. The Balaban J connectivity index is 1.19. The van der Waals surface area contributed by atoms with Crippen molar-refractivity contribution in [2.24, 2.45) is 11.8 Å². The van der Waals surface area contributed by atoms with Crippen LogP contribution >= 0.6 is 0 Å². The summed E-state index contributed by atoms with van der Waals surface area (Å²) in [5, 5.41) is 0. The van der Waals surface area contributed by atoms with Crippen LogP contribution in [0.2, 0.25) is 0 Å². The van der Waals surface area contributed by atoms with Crippen LogP contribution in [0.15, 0.2) is 24.3 Å². The third kappa shape index (κ3) is 5.59. The van der Waals surface area contributed by atoms with Gasteiger partial charge in [0.15, 0.2) is 0 Å². The number of ether oxygens (including phenoxy) is 2. The minimum atomic E-state index is -3.47. The van der Waals surface area contributed by atoms with Crippen molar-refractivity contribution in [3.05, 3.63) is 30.1 Å². The van der Waals surface area contributed by atoms with Crippen LogP contribution in [0.3, 0.4) is 0 Å². The first-order valence-electron chi connectivity index (χ1n) is 11.4. The summed E-state index contributed by atoms with van der Waals surface area (Å²) in [6.07, 6.45) is 2.93. The fourth-order valence-electron chi connectivity index (χ4n) is 4.68. The molecule has 1 aromatic rings. The van der Waals surface area contributed by atoms with Gasteiger partial charge < -0.3 is 14.4 Å².